The molecule has 0 saturated carbocycles. The van der Waals surface area contributed by atoms with E-state index in [1.807, 2.05) is 44.5 Å². The predicted molar refractivity (Wildman–Crippen MR) is 189 cm³/mol. The summed E-state index contributed by atoms with van der Waals surface area (Å²) >= 11 is 0. The number of carbonyl (C=O) groups excluding carboxylic acids is 3. The zero-order valence-electron chi connectivity index (χ0n) is 30.7. The number of fused-ring (bicyclic) bond motifs is 1. The maximum Gasteiger partial charge on any atom is 0.407 e. The van der Waals surface area contributed by atoms with E-state index in [1.54, 1.807) is 6.07 Å². The number of rotatable bonds is 23. The molecule has 0 unspecified atom stereocenters. The van der Waals surface area contributed by atoms with Gasteiger partial charge >= 0.3 is 6.09 Å². The van der Waals surface area contributed by atoms with Crippen molar-refractivity contribution in [1.29, 1.82) is 0 Å². The Labute approximate surface area is 296 Å². The molecule has 0 bridgehead atoms. The molecule has 280 valence electrons. The van der Waals surface area contributed by atoms with E-state index in [0.717, 1.165) is 17.8 Å². The topological polar surface area (TPSA) is 174 Å². The van der Waals surface area contributed by atoms with E-state index < -0.39 is 17.6 Å². The fraction of sp³-hybridized carbons (Fsp3) is 0.667. The van der Waals surface area contributed by atoms with Gasteiger partial charge in [0, 0.05) is 38.4 Å². The maximum absolute atomic E-state index is 12.8. The van der Waals surface area contributed by atoms with Gasteiger partial charge in [-0.15, -0.1) is 0 Å². The molecule has 2 aromatic rings. The number of ketones is 1. The number of ether oxygens (including phenoxy) is 6. The quantitative estimate of drug-likeness (QED) is 0.141. The van der Waals surface area contributed by atoms with Crippen LogP contribution in [0.4, 0.5) is 10.5 Å². The number of benzene rings is 1. The molecule has 1 aliphatic rings. The first-order chi connectivity index (χ1) is 23.8. The van der Waals surface area contributed by atoms with Crippen LogP contribution in [0, 0.1) is 12.3 Å². The molecule has 0 atom stereocenters. The Balaban J connectivity index is 1.20. The van der Waals surface area contributed by atoms with Crippen LogP contribution in [0.5, 0.6) is 0 Å². The van der Waals surface area contributed by atoms with Crippen LogP contribution in [-0.2, 0) is 34.8 Å². The predicted octanol–water partition coefficient (Wildman–Crippen LogP) is 4.23. The Hall–Kier alpha value is -3.56. The maximum atomic E-state index is 12.8. The lowest BCUT2D eigenvalue weighted by molar-refractivity contribution is -0.0111. The highest BCUT2D eigenvalue weighted by molar-refractivity contribution is 6.00. The molecule has 1 aromatic carbocycles. The first-order valence-corrected chi connectivity index (χ1v) is 17.4. The number of alkyl carbamates (subject to hydrolysis) is 1. The number of nitrogens with zero attached hydrogens (tertiary/aromatic N) is 2. The second-order valence-electron chi connectivity index (χ2n) is 14.0. The zero-order chi connectivity index (χ0) is 36.6. The third-order valence-corrected chi connectivity index (χ3v) is 7.64. The van der Waals surface area contributed by atoms with Gasteiger partial charge in [-0.1, -0.05) is 13.8 Å². The minimum absolute atomic E-state index is 0.117. The average molecular weight is 704 g/mol. The van der Waals surface area contributed by atoms with Gasteiger partial charge in [-0.2, -0.15) is 5.10 Å². The van der Waals surface area contributed by atoms with Crippen molar-refractivity contribution < 1.29 is 42.8 Å². The van der Waals surface area contributed by atoms with Crippen molar-refractivity contribution in [3.05, 3.63) is 40.7 Å². The number of aryl methyl sites for hydroxylation is 1. The molecule has 3 rings (SSSR count). The van der Waals surface area contributed by atoms with E-state index >= 15 is 0 Å². The van der Waals surface area contributed by atoms with Crippen LogP contribution in [0.1, 0.15) is 86.0 Å². The van der Waals surface area contributed by atoms with Gasteiger partial charge in [0.15, 0.2) is 5.78 Å². The number of nitrogens with two attached hydrogens (primary N) is 1. The van der Waals surface area contributed by atoms with Crippen molar-refractivity contribution in [3.8, 4) is 5.69 Å². The Kier molecular flexibility index (Phi) is 16.6. The van der Waals surface area contributed by atoms with Crippen molar-refractivity contribution in [2.75, 3.05) is 84.5 Å². The molecule has 1 heterocycles. The first kappa shape index (κ1) is 40.9. The summed E-state index contributed by atoms with van der Waals surface area (Å²) in [6.07, 6.45) is 2.21. The smallest absolute Gasteiger partial charge is 0.407 e. The fourth-order valence-corrected chi connectivity index (χ4v) is 5.44. The molecule has 1 aromatic heterocycles. The third kappa shape index (κ3) is 14.4. The molecular weight excluding hydrogens is 646 g/mol. The van der Waals surface area contributed by atoms with Crippen LogP contribution in [0.25, 0.3) is 5.69 Å². The number of Topliss-reactive ketones (excluding diaryl/α,β-unsaturated/α-hetero) is 1. The number of hydrogen-bond acceptors (Lipinski definition) is 11. The second kappa shape index (κ2) is 20.3. The van der Waals surface area contributed by atoms with Gasteiger partial charge in [0.25, 0.3) is 5.91 Å². The number of primary amides is 1. The van der Waals surface area contributed by atoms with Gasteiger partial charge in [0.2, 0.25) is 0 Å². The second-order valence-corrected chi connectivity index (χ2v) is 14.0. The molecule has 14 nitrogen and oxygen atoms in total. The molecule has 0 spiro atoms. The monoisotopic (exact) mass is 703 g/mol. The van der Waals surface area contributed by atoms with Crippen LogP contribution in [0.15, 0.2) is 18.2 Å². The molecule has 2 amide bonds. The lowest BCUT2D eigenvalue weighted by Crippen LogP contribution is -2.33. The SMILES string of the molecule is Cc1nn(-c2ccc(C(N)=O)c(NCCCOCCOCCOCCOCCOCCCNC(=O)OC(C)(C)C)c2)c2c1C(=O)CC(C)(C)C2. The fourth-order valence-electron chi connectivity index (χ4n) is 5.44. The lowest BCUT2D eigenvalue weighted by atomic mass is 9.75. The van der Waals surface area contributed by atoms with E-state index in [9.17, 15) is 14.4 Å². The van der Waals surface area contributed by atoms with Gasteiger partial charge in [-0.05, 0) is 70.6 Å². The van der Waals surface area contributed by atoms with Crippen molar-refractivity contribution in [2.24, 2.45) is 11.1 Å². The lowest BCUT2D eigenvalue weighted by Gasteiger charge is -2.29. The van der Waals surface area contributed by atoms with E-state index in [4.69, 9.17) is 34.2 Å². The Morgan fingerprint density at radius 2 is 1.40 bits per heavy atom. The number of hydrogen-bond donors (Lipinski definition) is 3. The average Bonchev–Trinajstić information content (AvgIpc) is 3.35. The summed E-state index contributed by atoms with van der Waals surface area (Å²) in [6, 6.07) is 5.36. The minimum atomic E-state index is -0.525. The van der Waals surface area contributed by atoms with Gasteiger partial charge in [-0.25, -0.2) is 9.48 Å². The highest BCUT2D eigenvalue weighted by Crippen LogP contribution is 2.37. The van der Waals surface area contributed by atoms with Crippen molar-refractivity contribution in [3.63, 3.8) is 0 Å². The summed E-state index contributed by atoms with van der Waals surface area (Å²) in [5.74, 6) is -0.408. The first-order valence-electron chi connectivity index (χ1n) is 17.4. The number of nitrogens with one attached hydrogen (secondary N) is 2. The van der Waals surface area contributed by atoms with E-state index in [1.165, 1.54) is 0 Å². The van der Waals surface area contributed by atoms with Crippen molar-refractivity contribution in [1.82, 2.24) is 15.1 Å². The molecule has 4 N–H and O–H groups in total. The Morgan fingerprint density at radius 1 is 0.860 bits per heavy atom. The third-order valence-electron chi connectivity index (χ3n) is 7.64. The zero-order valence-corrected chi connectivity index (χ0v) is 30.7. The summed E-state index contributed by atoms with van der Waals surface area (Å²) in [5.41, 5.74) is 9.08. The molecule has 1 aliphatic carbocycles. The van der Waals surface area contributed by atoms with Gasteiger partial charge in [0.1, 0.15) is 5.60 Å². The largest absolute Gasteiger partial charge is 0.444 e. The van der Waals surface area contributed by atoms with Crippen LogP contribution < -0.4 is 16.4 Å². The van der Waals surface area contributed by atoms with Crippen LogP contribution in [0.2, 0.25) is 0 Å². The molecule has 0 aliphatic heterocycles. The molecule has 0 saturated heterocycles. The summed E-state index contributed by atoms with van der Waals surface area (Å²) < 4.78 is 34.7. The van der Waals surface area contributed by atoms with Crippen molar-refractivity contribution >= 4 is 23.5 Å². The summed E-state index contributed by atoms with van der Waals surface area (Å²) in [5, 5.41) is 10.7. The molecule has 0 fully saturated rings. The number of carbonyl (C=O) groups is 3. The summed E-state index contributed by atoms with van der Waals surface area (Å²) in [4.78, 5) is 36.5. The molecule has 14 heteroatoms. The summed E-state index contributed by atoms with van der Waals surface area (Å²) in [7, 11) is 0. The van der Waals surface area contributed by atoms with Crippen LogP contribution >= 0.6 is 0 Å². The number of amides is 2. The standard InChI is InChI=1S/C36H57N5O9/c1-26-32-30(24-36(5,6)25-31(32)42)41(40-26)27-9-10-28(33(37)43)29(23-27)38-11-7-13-45-15-17-47-19-21-49-22-20-48-18-16-46-14-8-12-39-34(44)50-35(2,3)4/h9-10,23,38H,7-8,11-22,24-25H2,1-6H3,(H2,37,43)(H,39,44). The minimum Gasteiger partial charge on any atom is -0.444 e. The number of anilines is 1. The van der Waals surface area contributed by atoms with E-state index in [2.05, 4.69) is 29.6 Å². The van der Waals surface area contributed by atoms with Gasteiger partial charge in [-0.3, -0.25) is 9.59 Å². The van der Waals surface area contributed by atoms with Crippen molar-refractivity contribution in [2.45, 2.75) is 72.8 Å². The molecule has 50 heavy (non-hydrogen) atoms. The van der Waals surface area contributed by atoms with Gasteiger partial charge in [0.05, 0.1) is 81.1 Å². The Bertz CT molecular complexity index is 1390. The van der Waals surface area contributed by atoms with E-state index in [0.29, 0.717) is 121 Å². The van der Waals surface area contributed by atoms with Crippen LogP contribution in [-0.4, -0.2) is 112 Å². The highest BCUT2D eigenvalue weighted by Gasteiger charge is 2.35. The molecular formula is C36H57N5O9. The van der Waals surface area contributed by atoms with Crippen LogP contribution in [0.3, 0.4) is 0 Å². The summed E-state index contributed by atoms with van der Waals surface area (Å²) in [6.45, 7) is 17.3. The Morgan fingerprint density at radius 3 is 1.94 bits per heavy atom. The highest BCUT2D eigenvalue weighted by atomic mass is 16.6. The normalized spacial score (nSPS) is 14.0. The van der Waals surface area contributed by atoms with Gasteiger partial charge < -0.3 is 44.8 Å². The van der Waals surface area contributed by atoms with E-state index in [-0.39, 0.29) is 11.2 Å². The molecule has 0 radical (unpaired) electrons. The number of aromatic nitrogens is 2.